The lowest BCUT2D eigenvalue weighted by molar-refractivity contribution is -0.0115. The highest BCUT2D eigenvalue weighted by molar-refractivity contribution is 6.18. The van der Waals surface area contributed by atoms with Crippen LogP contribution in [0.2, 0.25) is 0 Å². The van der Waals surface area contributed by atoms with Gasteiger partial charge in [-0.05, 0) is 18.8 Å². The van der Waals surface area contributed by atoms with Crippen molar-refractivity contribution in [2.24, 2.45) is 5.92 Å². The average molecular weight is 335 g/mol. The van der Waals surface area contributed by atoms with Crippen LogP contribution in [0.25, 0.3) is 0 Å². The molecule has 0 aliphatic heterocycles. The summed E-state index contributed by atoms with van der Waals surface area (Å²) in [6.07, 6.45) is 14.7. The van der Waals surface area contributed by atoms with E-state index in [0.29, 0.717) is 0 Å². The summed E-state index contributed by atoms with van der Waals surface area (Å²) in [5.74, 6) is 0.333. The first kappa shape index (κ1) is 22.2. The van der Waals surface area contributed by atoms with E-state index in [1.54, 1.807) is 0 Å². The van der Waals surface area contributed by atoms with Gasteiger partial charge in [-0.15, -0.1) is 11.6 Å². The van der Waals surface area contributed by atoms with Crippen molar-refractivity contribution in [3.8, 4) is 0 Å². The van der Waals surface area contributed by atoms with Crippen LogP contribution in [0.5, 0.6) is 0 Å². The first-order valence-electron chi connectivity index (χ1n) is 9.59. The van der Waals surface area contributed by atoms with Gasteiger partial charge in [0.15, 0.2) is 0 Å². The number of alkyl halides is 1. The summed E-state index contributed by atoms with van der Waals surface area (Å²) in [5, 5.41) is 20.0. The minimum atomic E-state index is -0.776. The smallest absolute Gasteiger partial charge is 0.0936 e. The maximum Gasteiger partial charge on any atom is 0.0936 e. The minimum Gasteiger partial charge on any atom is -0.390 e. The van der Waals surface area contributed by atoms with Gasteiger partial charge in [-0.3, -0.25) is 0 Å². The summed E-state index contributed by atoms with van der Waals surface area (Å²) in [5.41, 5.74) is 0. The van der Waals surface area contributed by atoms with Gasteiger partial charge in [-0.1, -0.05) is 84.5 Å². The summed E-state index contributed by atoms with van der Waals surface area (Å²) in [6.45, 7) is 4.42. The summed E-state index contributed by atoms with van der Waals surface area (Å²) >= 11 is 5.67. The summed E-state index contributed by atoms with van der Waals surface area (Å²) < 4.78 is 0. The monoisotopic (exact) mass is 334 g/mol. The van der Waals surface area contributed by atoms with Gasteiger partial charge in [-0.25, -0.2) is 0 Å². The SMILES string of the molecule is CCCCCCCCCCCC(CCCC)C(O)C(O)CCl. The Kier molecular flexibility index (Phi) is 16.2. The molecule has 2 nitrogen and oxygen atoms in total. The minimum absolute atomic E-state index is 0.127. The zero-order valence-corrected chi connectivity index (χ0v) is 15.7. The fourth-order valence-corrected chi connectivity index (χ4v) is 3.26. The molecule has 0 rings (SSSR count). The summed E-state index contributed by atoms with van der Waals surface area (Å²) in [6, 6.07) is 0. The zero-order valence-electron chi connectivity index (χ0n) is 14.9. The highest BCUT2D eigenvalue weighted by Gasteiger charge is 2.24. The van der Waals surface area contributed by atoms with Crippen LogP contribution in [0.1, 0.15) is 97.3 Å². The van der Waals surface area contributed by atoms with Gasteiger partial charge in [0.25, 0.3) is 0 Å². The van der Waals surface area contributed by atoms with Gasteiger partial charge < -0.3 is 10.2 Å². The van der Waals surface area contributed by atoms with E-state index in [9.17, 15) is 10.2 Å². The quantitative estimate of drug-likeness (QED) is 0.282. The normalized spacial score (nSPS) is 15.7. The Bertz CT molecular complexity index is 223. The standard InChI is InChI=1S/C19H39ClO2/c1-3-5-7-8-9-10-11-12-13-15-17(14-6-4-2)19(22)18(21)16-20/h17-19,21-22H,3-16H2,1-2H3. The van der Waals surface area contributed by atoms with Crippen LogP contribution in [-0.2, 0) is 0 Å². The Morgan fingerprint density at radius 1 is 0.682 bits per heavy atom. The summed E-state index contributed by atoms with van der Waals surface area (Å²) in [4.78, 5) is 0. The van der Waals surface area contributed by atoms with E-state index in [2.05, 4.69) is 13.8 Å². The number of unbranched alkanes of at least 4 members (excludes halogenated alkanes) is 9. The highest BCUT2D eigenvalue weighted by atomic mass is 35.5. The van der Waals surface area contributed by atoms with Crippen LogP contribution in [0, 0.1) is 5.92 Å². The molecular formula is C19H39ClO2. The molecule has 0 bridgehead atoms. The molecule has 0 aromatic carbocycles. The van der Waals surface area contributed by atoms with Gasteiger partial charge in [0.2, 0.25) is 0 Å². The van der Waals surface area contributed by atoms with Crippen LogP contribution < -0.4 is 0 Å². The van der Waals surface area contributed by atoms with E-state index in [1.807, 2.05) is 0 Å². The number of rotatable bonds is 16. The van der Waals surface area contributed by atoms with E-state index in [0.717, 1.165) is 32.1 Å². The van der Waals surface area contributed by atoms with Crippen molar-refractivity contribution in [1.82, 2.24) is 0 Å². The lowest BCUT2D eigenvalue weighted by Gasteiger charge is -2.26. The molecular weight excluding hydrogens is 296 g/mol. The molecule has 2 N–H and O–H groups in total. The number of hydrogen-bond donors (Lipinski definition) is 2. The van der Waals surface area contributed by atoms with Crippen molar-refractivity contribution >= 4 is 11.6 Å². The molecule has 3 atom stereocenters. The molecule has 0 aromatic rings. The maximum absolute atomic E-state index is 10.2. The van der Waals surface area contributed by atoms with Crippen molar-refractivity contribution < 1.29 is 10.2 Å². The van der Waals surface area contributed by atoms with Crippen LogP contribution >= 0.6 is 11.6 Å². The lowest BCUT2D eigenvalue weighted by atomic mass is 9.88. The Labute approximate surface area is 143 Å². The highest BCUT2D eigenvalue weighted by Crippen LogP contribution is 2.23. The van der Waals surface area contributed by atoms with Crippen molar-refractivity contribution in [1.29, 1.82) is 0 Å². The Hall–Kier alpha value is 0.210. The first-order chi connectivity index (χ1) is 10.7. The van der Waals surface area contributed by atoms with Crippen molar-refractivity contribution in [2.75, 3.05) is 5.88 Å². The molecule has 0 radical (unpaired) electrons. The topological polar surface area (TPSA) is 40.5 Å². The molecule has 3 unspecified atom stereocenters. The molecule has 0 aliphatic carbocycles. The third kappa shape index (κ3) is 11.7. The maximum atomic E-state index is 10.2. The molecule has 0 saturated carbocycles. The zero-order chi connectivity index (χ0) is 16.6. The first-order valence-corrected chi connectivity index (χ1v) is 10.1. The molecule has 134 valence electrons. The number of hydrogen-bond acceptors (Lipinski definition) is 2. The fourth-order valence-electron chi connectivity index (χ4n) is 3.07. The van der Waals surface area contributed by atoms with Gasteiger partial charge in [0.05, 0.1) is 18.1 Å². The molecule has 0 aliphatic rings. The molecule has 0 heterocycles. The molecule has 22 heavy (non-hydrogen) atoms. The largest absolute Gasteiger partial charge is 0.390 e. The lowest BCUT2D eigenvalue weighted by Crippen LogP contribution is -2.34. The third-order valence-electron chi connectivity index (χ3n) is 4.64. The van der Waals surface area contributed by atoms with E-state index >= 15 is 0 Å². The average Bonchev–Trinajstić information content (AvgIpc) is 2.54. The second-order valence-electron chi connectivity index (χ2n) is 6.73. The van der Waals surface area contributed by atoms with E-state index in [1.165, 1.54) is 51.4 Å². The predicted octanol–water partition coefficient (Wildman–Crippen LogP) is 5.67. The summed E-state index contributed by atoms with van der Waals surface area (Å²) in [7, 11) is 0. The van der Waals surface area contributed by atoms with Crippen molar-refractivity contribution in [3.63, 3.8) is 0 Å². The number of aliphatic hydroxyl groups is 2. The van der Waals surface area contributed by atoms with Crippen LogP contribution in [-0.4, -0.2) is 28.3 Å². The van der Waals surface area contributed by atoms with Crippen molar-refractivity contribution in [3.05, 3.63) is 0 Å². The fraction of sp³-hybridized carbons (Fsp3) is 1.00. The van der Waals surface area contributed by atoms with Gasteiger partial charge in [0, 0.05) is 0 Å². The van der Waals surface area contributed by atoms with Gasteiger partial charge >= 0.3 is 0 Å². The van der Waals surface area contributed by atoms with Crippen LogP contribution in [0.3, 0.4) is 0 Å². The second kappa shape index (κ2) is 16.1. The molecule has 0 amide bonds. The molecule has 3 heteroatoms. The third-order valence-corrected chi connectivity index (χ3v) is 4.96. The predicted molar refractivity (Wildman–Crippen MR) is 97.6 cm³/mol. The number of halogens is 1. The molecule has 0 fully saturated rings. The van der Waals surface area contributed by atoms with Gasteiger partial charge in [0.1, 0.15) is 0 Å². The van der Waals surface area contributed by atoms with Crippen LogP contribution in [0.4, 0.5) is 0 Å². The Morgan fingerprint density at radius 2 is 1.14 bits per heavy atom. The Morgan fingerprint density at radius 3 is 1.64 bits per heavy atom. The molecule has 0 saturated heterocycles. The molecule has 0 spiro atoms. The van der Waals surface area contributed by atoms with E-state index in [4.69, 9.17) is 11.6 Å². The second-order valence-corrected chi connectivity index (χ2v) is 7.04. The molecule has 0 aromatic heterocycles. The van der Waals surface area contributed by atoms with Crippen LogP contribution in [0.15, 0.2) is 0 Å². The van der Waals surface area contributed by atoms with E-state index in [-0.39, 0.29) is 11.8 Å². The number of aliphatic hydroxyl groups excluding tert-OH is 2. The van der Waals surface area contributed by atoms with E-state index < -0.39 is 12.2 Å². The Balaban J connectivity index is 3.75. The van der Waals surface area contributed by atoms with Gasteiger partial charge in [-0.2, -0.15) is 0 Å². The van der Waals surface area contributed by atoms with Crippen molar-refractivity contribution in [2.45, 2.75) is 110 Å².